The summed E-state index contributed by atoms with van der Waals surface area (Å²) in [5.74, 6) is 0.168. The lowest BCUT2D eigenvalue weighted by atomic mass is 10.0. The average Bonchev–Trinajstić information content (AvgIpc) is 2.58. The molecule has 1 atom stereocenters. The third-order valence-electron chi connectivity index (χ3n) is 1.78. The van der Waals surface area contributed by atoms with Crippen LogP contribution in [-0.4, -0.2) is 13.1 Å². The van der Waals surface area contributed by atoms with E-state index in [1.165, 1.54) is 7.11 Å². The first-order valence-electron chi connectivity index (χ1n) is 3.90. The van der Waals surface area contributed by atoms with Gasteiger partial charge in [0.1, 0.15) is 11.7 Å². The van der Waals surface area contributed by atoms with E-state index in [1.54, 1.807) is 18.4 Å². The molecule has 0 bridgehead atoms. The predicted octanol–water partition coefficient (Wildman–Crippen LogP) is 1.95. The maximum atomic E-state index is 11.2. The first-order valence-corrected chi connectivity index (χ1v) is 3.90. The number of carbonyl (C=O) groups is 1. The van der Waals surface area contributed by atoms with E-state index in [0.29, 0.717) is 12.2 Å². The normalized spacial score (nSPS) is 12.5. The van der Waals surface area contributed by atoms with E-state index < -0.39 is 0 Å². The van der Waals surface area contributed by atoms with Crippen molar-refractivity contribution in [3.05, 3.63) is 24.2 Å². The maximum Gasteiger partial charge on any atom is 0.316 e. The second-order valence-electron chi connectivity index (χ2n) is 2.50. The molecule has 0 saturated carbocycles. The molecule has 1 unspecified atom stereocenters. The molecule has 3 heteroatoms. The summed E-state index contributed by atoms with van der Waals surface area (Å²) in [5.41, 5.74) is 0. The Kier molecular flexibility index (Phi) is 2.91. The molecule has 0 amide bonds. The van der Waals surface area contributed by atoms with Crippen molar-refractivity contribution in [3.8, 4) is 0 Å². The zero-order valence-corrected chi connectivity index (χ0v) is 7.24. The molecule has 1 heterocycles. The summed E-state index contributed by atoms with van der Waals surface area (Å²) in [7, 11) is 1.38. The van der Waals surface area contributed by atoms with Crippen molar-refractivity contribution >= 4 is 5.97 Å². The highest BCUT2D eigenvalue weighted by atomic mass is 16.5. The van der Waals surface area contributed by atoms with Gasteiger partial charge in [0.15, 0.2) is 0 Å². The Labute approximate surface area is 71.3 Å². The van der Waals surface area contributed by atoms with E-state index in [0.717, 1.165) is 0 Å². The Morgan fingerprint density at radius 3 is 2.92 bits per heavy atom. The van der Waals surface area contributed by atoms with Gasteiger partial charge in [0.05, 0.1) is 13.4 Å². The highest BCUT2D eigenvalue weighted by Gasteiger charge is 2.21. The first-order chi connectivity index (χ1) is 5.79. The van der Waals surface area contributed by atoms with E-state index in [2.05, 4.69) is 4.74 Å². The van der Waals surface area contributed by atoms with Crippen LogP contribution >= 0.6 is 0 Å². The molecular formula is C9H12O3. The molecule has 0 aliphatic rings. The predicted molar refractivity (Wildman–Crippen MR) is 43.8 cm³/mol. The van der Waals surface area contributed by atoms with Crippen molar-refractivity contribution in [1.29, 1.82) is 0 Å². The zero-order valence-electron chi connectivity index (χ0n) is 7.24. The van der Waals surface area contributed by atoms with Gasteiger partial charge in [-0.1, -0.05) is 6.92 Å². The van der Waals surface area contributed by atoms with Crippen molar-refractivity contribution in [2.45, 2.75) is 19.3 Å². The highest BCUT2D eigenvalue weighted by molar-refractivity contribution is 5.77. The van der Waals surface area contributed by atoms with E-state index in [9.17, 15) is 4.79 Å². The molecule has 1 aromatic rings. The number of carbonyl (C=O) groups excluding carboxylic acids is 1. The standard InChI is InChI=1S/C9H12O3/c1-3-7(9(10)11-2)8-5-4-6-12-8/h4-7H,3H2,1-2H3. The Bertz CT molecular complexity index is 238. The number of esters is 1. The minimum absolute atomic E-state index is 0.243. The zero-order chi connectivity index (χ0) is 8.97. The van der Waals surface area contributed by atoms with Gasteiger partial charge in [-0.2, -0.15) is 0 Å². The Hall–Kier alpha value is -1.25. The molecule has 1 aromatic heterocycles. The highest BCUT2D eigenvalue weighted by Crippen LogP contribution is 2.20. The van der Waals surface area contributed by atoms with Crippen LogP contribution in [0.15, 0.2) is 22.8 Å². The SMILES string of the molecule is CCC(C(=O)OC)c1ccco1. The third-order valence-corrected chi connectivity index (χ3v) is 1.78. The van der Waals surface area contributed by atoms with Crippen LogP contribution in [-0.2, 0) is 9.53 Å². The van der Waals surface area contributed by atoms with Crippen molar-refractivity contribution in [3.63, 3.8) is 0 Å². The van der Waals surface area contributed by atoms with Crippen LogP contribution in [0.5, 0.6) is 0 Å². The maximum absolute atomic E-state index is 11.2. The van der Waals surface area contributed by atoms with Crippen molar-refractivity contribution < 1.29 is 13.9 Å². The molecular weight excluding hydrogens is 156 g/mol. The van der Waals surface area contributed by atoms with Gasteiger partial charge in [-0.05, 0) is 18.6 Å². The van der Waals surface area contributed by atoms with Gasteiger partial charge in [-0.15, -0.1) is 0 Å². The largest absolute Gasteiger partial charge is 0.468 e. The number of hydrogen-bond acceptors (Lipinski definition) is 3. The van der Waals surface area contributed by atoms with Crippen molar-refractivity contribution in [2.24, 2.45) is 0 Å². The van der Waals surface area contributed by atoms with Gasteiger partial charge in [-0.25, -0.2) is 0 Å². The lowest BCUT2D eigenvalue weighted by Crippen LogP contribution is -2.12. The molecule has 0 spiro atoms. The molecule has 66 valence electrons. The number of methoxy groups -OCH3 is 1. The smallest absolute Gasteiger partial charge is 0.316 e. The van der Waals surface area contributed by atoms with E-state index >= 15 is 0 Å². The van der Waals surface area contributed by atoms with Crippen LogP contribution in [0.3, 0.4) is 0 Å². The summed E-state index contributed by atoms with van der Waals surface area (Å²) >= 11 is 0. The van der Waals surface area contributed by atoms with Crippen LogP contribution < -0.4 is 0 Å². The summed E-state index contributed by atoms with van der Waals surface area (Å²) in [6.07, 6.45) is 2.25. The Morgan fingerprint density at radius 1 is 1.75 bits per heavy atom. The monoisotopic (exact) mass is 168 g/mol. The first kappa shape index (κ1) is 8.84. The number of rotatable bonds is 3. The summed E-state index contributed by atoms with van der Waals surface area (Å²) in [6, 6.07) is 3.55. The number of hydrogen-bond donors (Lipinski definition) is 0. The van der Waals surface area contributed by atoms with Crippen LogP contribution in [0.4, 0.5) is 0 Å². The Balaban J connectivity index is 2.76. The summed E-state index contributed by atoms with van der Waals surface area (Å²) < 4.78 is 9.74. The van der Waals surface area contributed by atoms with Gasteiger partial charge < -0.3 is 9.15 Å². The number of furan rings is 1. The van der Waals surface area contributed by atoms with Crippen molar-refractivity contribution in [1.82, 2.24) is 0 Å². The second kappa shape index (κ2) is 3.95. The third kappa shape index (κ3) is 1.67. The summed E-state index contributed by atoms with van der Waals surface area (Å²) in [6.45, 7) is 1.92. The molecule has 0 aliphatic heterocycles. The fourth-order valence-electron chi connectivity index (χ4n) is 1.12. The quantitative estimate of drug-likeness (QED) is 0.647. The molecule has 0 radical (unpaired) electrons. The fourth-order valence-corrected chi connectivity index (χ4v) is 1.12. The fraction of sp³-hybridized carbons (Fsp3) is 0.444. The topological polar surface area (TPSA) is 39.4 Å². The van der Waals surface area contributed by atoms with Gasteiger partial charge in [0.2, 0.25) is 0 Å². The van der Waals surface area contributed by atoms with Crippen molar-refractivity contribution in [2.75, 3.05) is 7.11 Å². The van der Waals surface area contributed by atoms with E-state index in [4.69, 9.17) is 4.42 Å². The summed E-state index contributed by atoms with van der Waals surface area (Å²) in [5, 5.41) is 0. The summed E-state index contributed by atoms with van der Waals surface area (Å²) in [4.78, 5) is 11.2. The molecule has 3 nitrogen and oxygen atoms in total. The van der Waals surface area contributed by atoms with E-state index in [-0.39, 0.29) is 11.9 Å². The van der Waals surface area contributed by atoms with Crippen LogP contribution in [0.25, 0.3) is 0 Å². The molecule has 1 rings (SSSR count). The Morgan fingerprint density at radius 2 is 2.50 bits per heavy atom. The lowest BCUT2D eigenvalue weighted by molar-refractivity contribution is -0.142. The average molecular weight is 168 g/mol. The molecule has 0 aromatic carbocycles. The molecule has 0 N–H and O–H groups in total. The molecule has 12 heavy (non-hydrogen) atoms. The van der Waals surface area contributed by atoms with Gasteiger partial charge >= 0.3 is 5.97 Å². The van der Waals surface area contributed by atoms with Crippen LogP contribution in [0, 0.1) is 0 Å². The lowest BCUT2D eigenvalue weighted by Gasteiger charge is -2.08. The van der Waals surface area contributed by atoms with Gasteiger partial charge in [0.25, 0.3) is 0 Å². The minimum Gasteiger partial charge on any atom is -0.468 e. The molecule has 0 fully saturated rings. The number of ether oxygens (including phenoxy) is 1. The van der Waals surface area contributed by atoms with Crippen LogP contribution in [0.2, 0.25) is 0 Å². The molecule has 0 aliphatic carbocycles. The van der Waals surface area contributed by atoms with Crippen LogP contribution in [0.1, 0.15) is 25.0 Å². The molecule has 0 saturated heterocycles. The van der Waals surface area contributed by atoms with Gasteiger partial charge in [-0.3, -0.25) is 4.79 Å². The minimum atomic E-state index is -0.259. The van der Waals surface area contributed by atoms with E-state index in [1.807, 2.05) is 6.92 Å². The second-order valence-corrected chi connectivity index (χ2v) is 2.50. The van der Waals surface area contributed by atoms with Gasteiger partial charge in [0, 0.05) is 0 Å².